The van der Waals surface area contributed by atoms with E-state index in [0.29, 0.717) is 17.7 Å². The van der Waals surface area contributed by atoms with Crippen molar-refractivity contribution in [3.8, 4) is 0 Å². The van der Waals surface area contributed by atoms with Crippen LogP contribution in [0.5, 0.6) is 0 Å². The third kappa shape index (κ3) is 2.81. The molecule has 0 unspecified atom stereocenters. The number of aryl methyl sites for hydroxylation is 1. The van der Waals surface area contributed by atoms with E-state index in [0.717, 1.165) is 12.0 Å². The Bertz CT molecular complexity index is 455. The van der Waals surface area contributed by atoms with Gasteiger partial charge < -0.3 is 5.32 Å². The van der Waals surface area contributed by atoms with E-state index in [-0.39, 0.29) is 11.5 Å². The summed E-state index contributed by atoms with van der Waals surface area (Å²) in [5.74, 6) is -0.0456. The van der Waals surface area contributed by atoms with Gasteiger partial charge in [0.05, 0.1) is 4.92 Å². The molecule has 0 fully saturated rings. The number of anilines is 1. The summed E-state index contributed by atoms with van der Waals surface area (Å²) in [6.45, 7) is 3.69. The summed E-state index contributed by atoms with van der Waals surface area (Å²) in [4.78, 5) is 22.2. The minimum atomic E-state index is -0.478. The minimum absolute atomic E-state index is 0.0456. The van der Waals surface area contributed by atoms with Gasteiger partial charge >= 0.3 is 0 Å². The molecule has 0 aliphatic heterocycles. The highest BCUT2D eigenvalue weighted by molar-refractivity contribution is 5.98. The number of nitro benzene ring substituents is 1. The number of hydrogen-bond donors (Lipinski definition) is 1. The normalized spacial score (nSPS) is 10.1. The fourth-order valence-corrected chi connectivity index (χ4v) is 1.71. The summed E-state index contributed by atoms with van der Waals surface area (Å²) in [6, 6.07) is 3.00. The van der Waals surface area contributed by atoms with Gasteiger partial charge in [0, 0.05) is 25.1 Å². The van der Waals surface area contributed by atoms with E-state index in [4.69, 9.17) is 0 Å². The Morgan fingerprint density at radius 1 is 1.47 bits per heavy atom. The highest BCUT2D eigenvalue weighted by atomic mass is 16.6. The van der Waals surface area contributed by atoms with Gasteiger partial charge in [0.15, 0.2) is 5.78 Å². The van der Waals surface area contributed by atoms with Gasteiger partial charge in [-0.05, 0) is 25.0 Å². The number of nitro groups is 1. The van der Waals surface area contributed by atoms with Crippen LogP contribution in [0.2, 0.25) is 0 Å². The maximum absolute atomic E-state index is 11.8. The molecule has 5 heteroatoms. The summed E-state index contributed by atoms with van der Waals surface area (Å²) in [6.07, 6.45) is 1.15. The van der Waals surface area contributed by atoms with Crippen LogP contribution in [0.25, 0.3) is 0 Å². The molecule has 5 nitrogen and oxygen atoms in total. The van der Waals surface area contributed by atoms with E-state index in [1.54, 1.807) is 20.0 Å². The van der Waals surface area contributed by atoms with Gasteiger partial charge in [0.2, 0.25) is 0 Å². The lowest BCUT2D eigenvalue weighted by Gasteiger charge is -2.08. The molecule has 1 N–H and O–H groups in total. The van der Waals surface area contributed by atoms with E-state index in [2.05, 4.69) is 5.32 Å². The maximum atomic E-state index is 11.8. The molecule has 0 aromatic heterocycles. The number of nitrogens with one attached hydrogen (secondary N) is 1. The van der Waals surface area contributed by atoms with E-state index >= 15 is 0 Å². The van der Waals surface area contributed by atoms with Crippen molar-refractivity contribution in [2.24, 2.45) is 0 Å². The average Bonchev–Trinajstić information content (AvgIpc) is 2.28. The van der Waals surface area contributed by atoms with Gasteiger partial charge in [-0.1, -0.05) is 6.92 Å². The molecule has 0 bridgehead atoms. The Labute approximate surface area is 100.0 Å². The zero-order valence-corrected chi connectivity index (χ0v) is 10.2. The summed E-state index contributed by atoms with van der Waals surface area (Å²) in [5.41, 5.74) is 1.58. The molecular weight excluding hydrogens is 220 g/mol. The maximum Gasteiger partial charge on any atom is 0.293 e. The molecule has 17 heavy (non-hydrogen) atoms. The highest BCUT2D eigenvalue weighted by Crippen LogP contribution is 2.28. The van der Waals surface area contributed by atoms with Crippen LogP contribution in [-0.4, -0.2) is 17.8 Å². The molecule has 0 radical (unpaired) electrons. The van der Waals surface area contributed by atoms with E-state index in [1.807, 2.05) is 6.92 Å². The Hall–Kier alpha value is -1.91. The predicted molar refractivity (Wildman–Crippen MR) is 66.6 cm³/mol. The fraction of sp³-hybridized carbons (Fsp3) is 0.417. The SMILES string of the molecule is CCCC(=O)c1cc([N+](=O)[O-])c(NC)cc1C. The van der Waals surface area contributed by atoms with Gasteiger partial charge in [0.1, 0.15) is 5.69 Å². The number of ketones is 1. The van der Waals surface area contributed by atoms with Crippen LogP contribution in [-0.2, 0) is 0 Å². The van der Waals surface area contributed by atoms with Gasteiger partial charge in [-0.25, -0.2) is 0 Å². The lowest BCUT2D eigenvalue weighted by Crippen LogP contribution is -2.05. The van der Waals surface area contributed by atoms with Crippen LogP contribution in [0.4, 0.5) is 11.4 Å². The Morgan fingerprint density at radius 2 is 2.12 bits per heavy atom. The average molecular weight is 236 g/mol. The second-order valence-electron chi connectivity index (χ2n) is 3.86. The molecule has 92 valence electrons. The third-order valence-corrected chi connectivity index (χ3v) is 2.59. The molecule has 0 spiro atoms. The second kappa shape index (κ2) is 5.43. The molecule has 1 aromatic rings. The largest absolute Gasteiger partial charge is 0.383 e. The molecule has 1 rings (SSSR count). The molecule has 1 aromatic carbocycles. The topological polar surface area (TPSA) is 72.2 Å². The summed E-state index contributed by atoms with van der Waals surface area (Å²) in [5, 5.41) is 13.6. The van der Waals surface area contributed by atoms with Crippen molar-refractivity contribution in [3.05, 3.63) is 33.4 Å². The summed E-state index contributed by atoms with van der Waals surface area (Å²) >= 11 is 0. The molecule has 0 aliphatic rings. The number of nitrogens with zero attached hydrogens (tertiary/aromatic N) is 1. The molecule has 0 heterocycles. The van der Waals surface area contributed by atoms with Crippen LogP contribution < -0.4 is 5.32 Å². The monoisotopic (exact) mass is 236 g/mol. The lowest BCUT2D eigenvalue weighted by atomic mass is 10.00. The van der Waals surface area contributed by atoms with Gasteiger partial charge in [-0.15, -0.1) is 0 Å². The fourth-order valence-electron chi connectivity index (χ4n) is 1.71. The number of Topliss-reactive ketones (excluding diaryl/α,β-unsaturated/α-hetero) is 1. The van der Waals surface area contributed by atoms with Gasteiger partial charge in [0.25, 0.3) is 5.69 Å². The van der Waals surface area contributed by atoms with Crippen molar-refractivity contribution in [2.45, 2.75) is 26.7 Å². The van der Waals surface area contributed by atoms with E-state index in [1.165, 1.54) is 6.07 Å². The zero-order chi connectivity index (χ0) is 13.0. The number of rotatable bonds is 5. The standard InChI is InChI=1S/C12H16N2O3/c1-4-5-12(15)9-7-11(14(16)17)10(13-3)6-8(9)2/h6-7,13H,4-5H2,1-3H3. The first-order chi connectivity index (χ1) is 8.01. The first kappa shape index (κ1) is 13.2. The minimum Gasteiger partial charge on any atom is -0.383 e. The van der Waals surface area contributed by atoms with Crippen LogP contribution in [0.1, 0.15) is 35.7 Å². The third-order valence-electron chi connectivity index (χ3n) is 2.59. The van der Waals surface area contributed by atoms with Crippen molar-refractivity contribution in [2.75, 3.05) is 12.4 Å². The predicted octanol–water partition coefficient (Wildman–Crippen LogP) is 2.93. The second-order valence-corrected chi connectivity index (χ2v) is 3.86. The molecule has 0 saturated heterocycles. The first-order valence-electron chi connectivity index (χ1n) is 5.51. The highest BCUT2D eigenvalue weighted by Gasteiger charge is 2.18. The van der Waals surface area contributed by atoms with Crippen LogP contribution >= 0.6 is 0 Å². The van der Waals surface area contributed by atoms with Crippen molar-refractivity contribution in [1.29, 1.82) is 0 Å². The van der Waals surface area contributed by atoms with Crippen LogP contribution in [0, 0.1) is 17.0 Å². The van der Waals surface area contributed by atoms with E-state index < -0.39 is 4.92 Å². The van der Waals surface area contributed by atoms with Gasteiger partial charge in [-0.2, -0.15) is 0 Å². The Kier molecular flexibility index (Phi) is 4.20. The molecule has 0 atom stereocenters. The van der Waals surface area contributed by atoms with Crippen molar-refractivity contribution in [1.82, 2.24) is 0 Å². The molecule has 0 aliphatic carbocycles. The molecular formula is C12H16N2O3. The Morgan fingerprint density at radius 3 is 2.59 bits per heavy atom. The van der Waals surface area contributed by atoms with Crippen molar-refractivity contribution in [3.63, 3.8) is 0 Å². The number of carbonyl (C=O) groups excluding carboxylic acids is 1. The number of carbonyl (C=O) groups is 1. The van der Waals surface area contributed by atoms with Crippen molar-refractivity contribution < 1.29 is 9.72 Å². The smallest absolute Gasteiger partial charge is 0.293 e. The van der Waals surface area contributed by atoms with Gasteiger partial charge in [-0.3, -0.25) is 14.9 Å². The summed E-state index contributed by atoms with van der Waals surface area (Å²) in [7, 11) is 1.62. The number of benzene rings is 1. The van der Waals surface area contributed by atoms with E-state index in [9.17, 15) is 14.9 Å². The summed E-state index contributed by atoms with van der Waals surface area (Å²) < 4.78 is 0. The van der Waals surface area contributed by atoms with Crippen LogP contribution in [0.15, 0.2) is 12.1 Å². The number of hydrogen-bond acceptors (Lipinski definition) is 4. The van der Waals surface area contributed by atoms with Crippen molar-refractivity contribution >= 4 is 17.2 Å². The van der Waals surface area contributed by atoms with Crippen LogP contribution in [0.3, 0.4) is 0 Å². The Balaban J connectivity index is 3.29. The lowest BCUT2D eigenvalue weighted by molar-refractivity contribution is -0.384. The first-order valence-corrected chi connectivity index (χ1v) is 5.51. The molecule has 0 saturated carbocycles. The zero-order valence-electron chi connectivity index (χ0n) is 10.2. The quantitative estimate of drug-likeness (QED) is 0.484. The molecule has 0 amide bonds.